The minimum Gasteiger partial charge on any atom is -0.246 e. The third-order valence-corrected chi connectivity index (χ3v) is 6.15. The van der Waals surface area contributed by atoms with Crippen LogP contribution in [0.1, 0.15) is 11.1 Å². The number of rotatable bonds is 3. The van der Waals surface area contributed by atoms with E-state index in [4.69, 9.17) is 0 Å². The maximum absolute atomic E-state index is 13.6. The average molecular weight is 397 g/mol. The van der Waals surface area contributed by atoms with Crippen LogP contribution in [0.4, 0.5) is 20.7 Å². The third kappa shape index (κ3) is 3.01. The molecule has 0 saturated carbocycles. The van der Waals surface area contributed by atoms with Gasteiger partial charge in [0.05, 0.1) is 12.2 Å². The van der Waals surface area contributed by atoms with Gasteiger partial charge in [0.2, 0.25) is 0 Å². The third-order valence-electron chi connectivity index (χ3n) is 4.41. The molecule has 6 nitrogen and oxygen atoms in total. The Hall–Kier alpha value is -3.26. The van der Waals surface area contributed by atoms with Gasteiger partial charge in [0.15, 0.2) is 5.82 Å². The summed E-state index contributed by atoms with van der Waals surface area (Å²) in [5.74, 6) is -0.453. The number of carbonyl (C=O) groups excluding carboxylic acids is 1. The molecule has 3 aromatic rings. The summed E-state index contributed by atoms with van der Waals surface area (Å²) in [7, 11) is -4.14. The Labute approximate surface area is 161 Å². The first-order valence-electron chi connectivity index (χ1n) is 8.51. The average Bonchev–Trinajstić information content (AvgIpc) is 2.66. The Balaban J connectivity index is 1.88. The molecule has 2 heterocycles. The van der Waals surface area contributed by atoms with E-state index in [0.29, 0.717) is 11.3 Å². The zero-order chi connectivity index (χ0) is 19.9. The van der Waals surface area contributed by atoms with Crippen molar-refractivity contribution in [3.05, 3.63) is 83.8 Å². The van der Waals surface area contributed by atoms with Gasteiger partial charge in [0.1, 0.15) is 10.7 Å². The molecular formula is C20H16FN3O3S. The molecule has 4 rings (SSSR count). The molecule has 1 aromatic heterocycles. The predicted molar refractivity (Wildman–Crippen MR) is 102 cm³/mol. The quantitative estimate of drug-likeness (QED) is 0.670. The molecule has 0 spiro atoms. The first-order chi connectivity index (χ1) is 13.4. The van der Waals surface area contributed by atoms with Gasteiger partial charge in [0.25, 0.3) is 10.0 Å². The number of amides is 2. The van der Waals surface area contributed by atoms with Gasteiger partial charge >= 0.3 is 6.03 Å². The molecule has 0 bridgehead atoms. The number of hydrogen-bond acceptors (Lipinski definition) is 4. The minimum atomic E-state index is -4.14. The smallest absolute Gasteiger partial charge is 0.246 e. The van der Waals surface area contributed by atoms with Crippen LogP contribution in [0.3, 0.4) is 0 Å². The van der Waals surface area contributed by atoms with Gasteiger partial charge in [-0.1, -0.05) is 24.3 Å². The van der Waals surface area contributed by atoms with Gasteiger partial charge in [-0.05, 0) is 54.4 Å². The lowest BCUT2D eigenvalue weighted by Crippen LogP contribution is -2.48. The van der Waals surface area contributed by atoms with Crippen molar-refractivity contribution in [1.29, 1.82) is 0 Å². The van der Waals surface area contributed by atoms with Crippen LogP contribution in [0, 0.1) is 12.7 Å². The standard InChI is InChI=1S/C20H16FN3O3S/c1-14-5-2-8-17(11-14)24-19-18(9-4-10-22-19)28(26,27)23(20(24)25)13-15-6-3-7-16(21)12-15/h2-12H,13H2,1H3. The Morgan fingerprint density at radius 3 is 2.57 bits per heavy atom. The number of halogens is 1. The highest BCUT2D eigenvalue weighted by Crippen LogP contribution is 2.38. The molecule has 0 fully saturated rings. The SMILES string of the molecule is Cc1cccc(N2C(=O)N(Cc3cccc(F)c3)S(=O)(=O)c3cccnc32)c1. The summed E-state index contributed by atoms with van der Waals surface area (Å²) in [5, 5.41) is 0. The first-order valence-corrected chi connectivity index (χ1v) is 9.95. The molecule has 0 unspecified atom stereocenters. The maximum Gasteiger partial charge on any atom is 0.344 e. The van der Waals surface area contributed by atoms with Gasteiger partial charge in [0, 0.05) is 6.20 Å². The molecule has 1 aliphatic rings. The van der Waals surface area contributed by atoms with Gasteiger partial charge in [-0.3, -0.25) is 0 Å². The summed E-state index contributed by atoms with van der Waals surface area (Å²) >= 11 is 0. The van der Waals surface area contributed by atoms with Gasteiger partial charge < -0.3 is 0 Å². The molecule has 0 N–H and O–H groups in total. The summed E-state index contributed by atoms with van der Waals surface area (Å²) < 4.78 is 40.5. The lowest BCUT2D eigenvalue weighted by molar-refractivity contribution is 0.229. The monoisotopic (exact) mass is 397 g/mol. The normalized spacial score (nSPS) is 15.4. The van der Waals surface area contributed by atoms with Crippen molar-refractivity contribution >= 4 is 27.6 Å². The van der Waals surface area contributed by atoms with E-state index in [1.165, 1.54) is 41.4 Å². The maximum atomic E-state index is 13.6. The fraction of sp³-hybridized carbons (Fsp3) is 0.100. The highest BCUT2D eigenvalue weighted by molar-refractivity contribution is 7.90. The van der Waals surface area contributed by atoms with E-state index in [1.807, 2.05) is 13.0 Å². The Morgan fingerprint density at radius 1 is 1.04 bits per heavy atom. The number of carbonyl (C=O) groups is 1. The lowest BCUT2D eigenvalue weighted by Gasteiger charge is -2.35. The summed E-state index contributed by atoms with van der Waals surface area (Å²) in [6.45, 7) is 1.59. The number of aromatic nitrogens is 1. The molecule has 2 aromatic carbocycles. The fourth-order valence-electron chi connectivity index (χ4n) is 3.13. The fourth-order valence-corrected chi connectivity index (χ4v) is 4.60. The number of pyridine rings is 1. The molecule has 0 radical (unpaired) electrons. The lowest BCUT2D eigenvalue weighted by atomic mass is 10.2. The van der Waals surface area contributed by atoms with E-state index in [2.05, 4.69) is 4.98 Å². The van der Waals surface area contributed by atoms with Crippen LogP contribution in [-0.2, 0) is 16.6 Å². The number of fused-ring (bicyclic) bond motifs is 1. The van der Waals surface area contributed by atoms with Crippen LogP contribution in [0.5, 0.6) is 0 Å². The van der Waals surface area contributed by atoms with Crippen LogP contribution < -0.4 is 4.90 Å². The minimum absolute atomic E-state index is 0.0496. The molecule has 0 saturated heterocycles. The van der Waals surface area contributed by atoms with Crippen molar-refractivity contribution in [1.82, 2.24) is 9.29 Å². The van der Waals surface area contributed by atoms with Gasteiger partial charge in [-0.2, -0.15) is 0 Å². The van der Waals surface area contributed by atoms with Crippen molar-refractivity contribution in [3.8, 4) is 0 Å². The van der Waals surface area contributed by atoms with E-state index in [0.717, 1.165) is 9.87 Å². The van der Waals surface area contributed by atoms with Crippen molar-refractivity contribution < 1.29 is 17.6 Å². The van der Waals surface area contributed by atoms with Crippen LogP contribution in [0.25, 0.3) is 0 Å². The summed E-state index contributed by atoms with van der Waals surface area (Å²) in [4.78, 5) is 18.6. The van der Waals surface area contributed by atoms with Gasteiger partial charge in [-0.15, -0.1) is 0 Å². The molecule has 0 atom stereocenters. The predicted octanol–water partition coefficient (Wildman–Crippen LogP) is 3.99. The van der Waals surface area contributed by atoms with E-state index in [1.54, 1.807) is 24.3 Å². The van der Waals surface area contributed by atoms with E-state index < -0.39 is 21.9 Å². The first kappa shape index (κ1) is 18.1. The molecule has 1 aliphatic heterocycles. The molecule has 28 heavy (non-hydrogen) atoms. The van der Waals surface area contributed by atoms with Crippen LogP contribution >= 0.6 is 0 Å². The van der Waals surface area contributed by atoms with Crippen molar-refractivity contribution in [2.75, 3.05) is 4.90 Å². The summed E-state index contributed by atoms with van der Waals surface area (Å²) in [6, 6.07) is 14.8. The number of anilines is 2. The number of benzene rings is 2. The highest BCUT2D eigenvalue weighted by atomic mass is 32.2. The number of urea groups is 1. The molecular weight excluding hydrogens is 381 g/mol. The molecule has 2 amide bonds. The topological polar surface area (TPSA) is 70.6 Å². The number of aryl methyl sites for hydroxylation is 1. The Kier molecular flexibility index (Phi) is 4.35. The second-order valence-corrected chi connectivity index (χ2v) is 8.25. The van der Waals surface area contributed by atoms with E-state index in [-0.39, 0.29) is 17.3 Å². The van der Waals surface area contributed by atoms with Crippen molar-refractivity contribution in [2.24, 2.45) is 0 Å². The van der Waals surface area contributed by atoms with Crippen LogP contribution in [0.2, 0.25) is 0 Å². The summed E-state index contributed by atoms with van der Waals surface area (Å²) in [5.41, 5.74) is 1.78. The zero-order valence-corrected chi connectivity index (χ0v) is 15.7. The Bertz CT molecular complexity index is 1180. The second kappa shape index (κ2) is 6.72. The van der Waals surface area contributed by atoms with Crippen molar-refractivity contribution in [3.63, 3.8) is 0 Å². The number of sulfonamides is 1. The zero-order valence-electron chi connectivity index (χ0n) is 14.9. The van der Waals surface area contributed by atoms with Crippen LogP contribution in [-0.4, -0.2) is 23.7 Å². The number of hydrogen-bond donors (Lipinski definition) is 0. The largest absolute Gasteiger partial charge is 0.344 e. The number of nitrogens with zero attached hydrogens (tertiary/aromatic N) is 3. The molecule has 142 valence electrons. The summed E-state index contributed by atoms with van der Waals surface area (Å²) in [6.07, 6.45) is 1.44. The van der Waals surface area contributed by atoms with Crippen LogP contribution in [0.15, 0.2) is 71.8 Å². The van der Waals surface area contributed by atoms with Crippen molar-refractivity contribution in [2.45, 2.75) is 18.4 Å². The van der Waals surface area contributed by atoms with E-state index in [9.17, 15) is 17.6 Å². The highest BCUT2D eigenvalue weighted by Gasteiger charge is 2.43. The second-order valence-electron chi connectivity index (χ2n) is 6.42. The molecule has 8 heteroatoms. The Morgan fingerprint density at radius 2 is 1.82 bits per heavy atom. The van der Waals surface area contributed by atoms with Gasteiger partial charge in [-0.25, -0.2) is 31.8 Å². The molecule has 0 aliphatic carbocycles. The van der Waals surface area contributed by atoms with E-state index >= 15 is 0 Å².